The number of rotatable bonds is 6. The lowest BCUT2D eigenvalue weighted by molar-refractivity contribution is 0.0933. The van der Waals surface area contributed by atoms with Gasteiger partial charge in [-0.05, 0) is 49.9 Å². The van der Waals surface area contributed by atoms with E-state index < -0.39 is 0 Å². The van der Waals surface area contributed by atoms with E-state index in [1.165, 1.54) is 12.8 Å². The number of hydrogen-bond donors (Lipinski definition) is 2. The van der Waals surface area contributed by atoms with E-state index in [4.69, 9.17) is 0 Å². The van der Waals surface area contributed by atoms with E-state index in [0.717, 1.165) is 53.8 Å². The van der Waals surface area contributed by atoms with Crippen molar-refractivity contribution < 1.29 is 9.59 Å². The molecule has 7 heteroatoms. The summed E-state index contributed by atoms with van der Waals surface area (Å²) in [5.74, 6) is -0.0398. The SMILES string of the molecule is O=C(NC1CCCC1)c1ccc(-c2cn3c(-c4ccc(C(=O)NC5CC5)cc4)cnc3cn2)cc1. The van der Waals surface area contributed by atoms with Crippen LogP contribution in [0.15, 0.2) is 67.1 Å². The molecule has 2 fully saturated rings. The highest BCUT2D eigenvalue weighted by Gasteiger charge is 2.23. The Balaban J connectivity index is 1.22. The smallest absolute Gasteiger partial charge is 0.251 e. The maximum absolute atomic E-state index is 12.5. The fourth-order valence-electron chi connectivity index (χ4n) is 4.67. The summed E-state index contributed by atoms with van der Waals surface area (Å²) in [6.45, 7) is 0. The summed E-state index contributed by atoms with van der Waals surface area (Å²) in [6.07, 6.45) is 12.2. The lowest BCUT2D eigenvalue weighted by atomic mass is 10.1. The van der Waals surface area contributed by atoms with Crippen LogP contribution in [0.25, 0.3) is 28.2 Å². The van der Waals surface area contributed by atoms with Gasteiger partial charge < -0.3 is 10.6 Å². The van der Waals surface area contributed by atoms with Crippen LogP contribution in [0.4, 0.5) is 0 Å². The highest BCUT2D eigenvalue weighted by atomic mass is 16.2. The van der Waals surface area contributed by atoms with Crippen molar-refractivity contribution in [2.45, 2.75) is 50.6 Å². The van der Waals surface area contributed by atoms with Crippen molar-refractivity contribution >= 4 is 17.5 Å². The summed E-state index contributed by atoms with van der Waals surface area (Å²) in [6, 6.07) is 15.8. The first-order valence-electron chi connectivity index (χ1n) is 12.3. The Kier molecular flexibility index (Phi) is 5.52. The minimum absolute atomic E-state index is 0.0157. The van der Waals surface area contributed by atoms with Gasteiger partial charge in [0.25, 0.3) is 11.8 Å². The molecule has 2 N–H and O–H groups in total. The molecule has 2 heterocycles. The summed E-state index contributed by atoms with van der Waals surface area (Å²) in [7, 11) is 0. The van der Waals surface area contributed by atoms with Crippen LogP contribution in [0, 0.1) is 0 Å². The van der Waals surface area contributed by atoms with Gasteiger partial charge in [0.05, 0.1) is 23.8 Å². The first-order valence-corrected chi connectivity index (χ1v) is 12.3. The van der Waals surface area contributed by atoms with Gasteiger partial charge in [-0.25, -0.2) is 4.98 Å². The second-order valence-electron chi connectivity index (χ2n) is 9.50. The zero-order chi connectivity index (χ0) is 23.8. The van der Waals surface area contributed by atoms with Gasteiger partial charge in [0.2, 0.25) is 0 Å². The second-order valence-corrected chi connectivity index (χ2v) is 9.50. The first-order chi connectivity index (χ1) is 17.1. The van der Waals surface area contributed by atoms with Crippen LogP contribution in [0.1, 0.15) is 59.2 Å². The third-order valence-electron chi connectivity index (χ3n) is 6.88. The lowest BCUT2D eigenvalue weighted by Gasteiger charge is -2.12. The Labute approximate surface area is 203 Å². The molecule has 0 radical (unpaired) electrons. The molecule has 35 heavy (non-hydrogen) atoms. The van der Waals surface area contributed by atoms with E-state index in [-0.39, 0.29) is 11.8 Å². The zero-order valence-corrected chi connectivity index (χ0v) is 19.4. The maximum Gasteiger partial charge on any atom is 0.251 e. The molecule has 0 unspecified atom stereocenters. The third-order valence-corrected chi connectivity index (χ3v) is 6.88. The Morgan fingerprint density at radius 1 is 0.714 bits per heavy atom. The topological polar surface area (TPSA) is 88.4 Å². The fourth-order valence-corrected chi connectivity index (χ4v) is 4.67. The van der Waals surface area contributed by atoms with Gasteiger partial charge in [0.1, 0.15) is 0 Å². The van der Waals surface area contributed by atoms with E-state index in [9.17, 15) is 9.59 Å². The van der Waals surface area contributed by atoms with Crippen LogP contribution < -0.4 is 10.6 Å². The highest BCUT2D eigenvalue weighted by molar-refractivity contribution is 5.95. The Morgan fingerprint density at radius 3 is 1.89 bits per heavy atom. The molecule has 0 saturated heterocycles. The van der Waals surface area contributed by atoms with E-state index in [1.54, 1.807) is 6.20 Å². The molecule has 2 aliphatic carbocycles. The molecule has 2 saturated carbocycles. The molecule has 176 valence electrons. The minimum Gasteiger partial charge on any atom is -0.349 e. The third kappa shape index (κ3) is 4.54. The number of amides is 2. The molecular formula is C28H27N5O2. The summed E-state index contributed by atoms with van der Waals surface area (Å²) in [4.78, 5) is 33.9. The predicted molar refractivity (Wildman–Crippen MR) is 134 cm³/mol. The largest absolute Gasteiger partial charge is 0.349 e. The second kappa shape index (κ2) is 8.98. The molecule has 2 aromatic carbocycles. The van der Waals surface area contributed by atoms with Crippen molar-refractivity contribution in [2.24, 2.45) is 0 Å². The average Bonchev–Trinajstić information content (AvgIpc) is 3.37. The monoisotopic (exact) mass is 465 g/mol. The number of carbonyl (C=O) groups excluding carboxylic acids is 2. The van der Waals surface area contributed by atoms with Crippen LogP contribution in [0.5, 0.6) is 0 Å². The van der Waals surface area contributed by atoms with E-state index in [0.29, 0.717) is 23.2 Å². The maximum atomic E-state index is 12.5. The summed E-state index contributed by atoms with van der Waals surface area (Å²) in [5.41, 5.74) is 5.68. The molecule has 6 rings (SSSR count). The fraction of sp³-hybridized carbons (Fsp3) is 0.286. The first kappa shape index (κ1) is 21.5. The average molecular weight is 466 g/mol. The number of nitrogens with zero attached hydrogens (tertiary/aromatic N) is 3. The van der Waals surface area contributed by atoms with Crippen LogP contribution in [-0.2, 0) is 0 Å². The number of imidazole rings is 1. The number of nitrogens with one attached hydrogen (secondary N) is 2. The van der Waals surface area contributed by atoms with Crippen molar-refractivity contribution in [2.75, 3.05) is 0 Å². The van der Waals surface area contributed by atoms with Crippen molar-refractivity contribution in [3.8, 4) is 22.5 Å². The molecule has 7 nitrogen and oxygen atoms in total. The molecule has 2 aliphatic rings. The van der Waals surface area contributed by atoms with Crippen molar-refractivity contribution in [1.29, 1.82) is 0 Å². The van der Waals surface area contributed by atoms with Crippen molar-refractivity contribution in [3.05, 3.63) is 78.2 Å². The highest BCUT2D eigenvalue weighted by Crippen LogP contribution is 2.25. The van der Waals surface area contributed by atoms with Crippen LogP contribution in [0.3, 0.4) is 0 Å². The molecule has 4 aromatic rings. The number of carbonyl (C=O) groups is 2. The van der Waals surface area contributed by atoms with Crippen molar-refractivity contribution in [1.82, 2.24) is 25.0 Å². The molecule has 2 aromatic heterocycles. The number of hydrogen-bond acceptors (Lipinski definition) is 4. The summed E-state index contributed by atoms with van der Waals surface area (Å²) >= 11 is 0. The van der Waals surface area contributed by atoms with Gasteiger partial charge in [-0.2, -0.15) is 0 Å². The van der Waals surface area contributed by atoms with E-state index in [2.05, 4.69) is 20.6 Å². The molecule has 0 atom stereocenters. The number of aromatic nitrogens is 3. The number of fused-ring (bicyclic) bond motifs is 1. The number of benzene rings is 2. The molecular weight excluding hydrogens is 438 g/mol. The van der Waals surface area contributed by atoms with E-state index in [1.807, 2.05) is 65.3 Å². The minimum atomic E-state index is -0.0240. The van der Waals surface area contributed by atoms with Gasteiger partial charge in [-0.3, -0.25) is 19.0 Å². The summed E-state index contributed by atoms with van der Waals surface area (Å²) < 4.78 is 2.00. The lowest BCUT2D eigenvalue weighted by Crippen LogP contribution is -2.32. The predicted octanol–water partition coefficient (Wildman–Crippen LogP) is 4.63. The zero-order valence-electron chi connectivity index (χ0n) is 19.4. The van der Waals surface area contributed by atoms with Gasteiger partial charge in [0.15, 0.2) is 5.65 Å². The van der Waals surface area contributed by atoms with Crippen LogP contribution in [-0.4, -0.2) is 38.3 Å². The quantitative estimate of drug-likeness (QED) is 0.435. The molecule has 0 aliphatic heterocycles. The van der Waals surface area contributed by atoms with Gasteiger partial charge in [-0.1, -0.05) is 37.1 Å². The molecule has 0 bridgehead atoms. The Bertz CT molecular complexity index is 1380. The van der Waals surface area contributed by atoms with Gasteiger partial charge in [-0.15, -0.1) is 0 Å². The molecule has 0 spiro atoms. The van der Waals surface area contributed by atoms with Gasteiger partial charge in [0, 0.05) is 40.5 Å². The summed E-state index contributed by atoms with van der Waals surface area (Å²) in [5, 5.41) is 6.15. The molecule has 2 amide bonds. The Morgan fingerprint density at radius 2 is 1.29 bits per heavy atom. The van der Waals surface area contributed by atoms with E-state index >= 15 is 0 Å². The van der Waals surface area contributed by atoms with Crippen molar-refractivity contribution in [3.63, 3.8) is 0 Å². The van der Waals surface area contributed by atoms with Gasteiger partial charge >= 0.3 is 0 Å². The van der Waals surface area contributed by atoms with Crippen LogP contribution in [0.2, 0.25) is 0 Å². The normalized spacial score (nSPS) is 15.9. The standard InChI is InChI=1S/C28H27N5O2/c34-27(31-22-3-1-2-4-22)20-9-5-18(6-10-20)24-17-33-25(15-30-26(33)16-29-24)19-7-11-21(12-8-19)28(35)32-23-13-14-23/h5-12,15-17,22-23H,1-4,13-14H2,(H,31,34)(H,32,35). The van der Waals surface area contributed by atoms with Crippen LogP contribution >= 0.6 is 0 Å². The Hall–Kier alpha value is -4.00.